The Labute approximate surface area is 102 Å². The summed E-state index contributed by atoms with van der Waals surface area (Å²) >= 11 is 0. The third-order valence-electron chi connectivity index (χ3n) is 2.44. The van der Waals surface area contributed by atoms with E-state index in [1.54, 1.807) is 12.4 Å². The van der Waals surface area contributed by atoms with Crippen LogP contribution in [0.25, 0.3) is 0 Å². The first-order valence-corrected chi connectivity index (χ1v) is 6.11. The molecule has 0 fully saturated rings. The van der Waals surface area contributed by atoms with Gasteiger partial charge >= 0.3 is 0 Å². The Morgan fingerprint density at radius 3 is 2.82 bits per heavy atom. The molecule has 1 aromatic rings. The number of amides is 1. The maximum Gasteiger partial charge on any atom is 0.220 e. The number of rotatable bonds is 7. The second-order valence-electron chi connectivity index (χ2n) is 4.48. The first kappa shape index (κ1) is 13.7. The van der Waals surface area contributed by atoms with Crippen LogP contribution in [0.5, 0.6) is 0 Å². The van der Waals surface area contributed by atoms with Gasteiger partial charge in [-0.3, -0.25) is 4.79 Å². The fraction of sp³-hybridized carbons (Fsp3) is 0.667. The van der Waals surface area contributed by atoms with Gasteiger partial charge in [0.25, 0.3) is 0 Å². The average Bonchev–Trinajstić information content (AvgIpc) is 2.77. The quantitative estimate of drug-likeness (QED) is 0.628. The highest BCUT2D eigenvalue weighted by Crippen LogP contribution is 2.05. The molecule has 1 rings (SSSR count). The first-order chi connectivity index (χ1) is 8.09. The van der Waals surface area contributed by atoms with Crippen LogP contribution < -0.4 is 10.6 Å². The Kier molecular flexibility index (Phi) is 5.69. The van der Waals surface area contributed by atoms with Crippen LogP contribution in [0, 0.1) is 0 Å². The van der Waals surface area contributed by atoms with Gasteiger partial charge in [0.2, 0.25) is 5.91 Å². The molecule has 0 saturated carbocycles. The molecule has 1 heterocycles. The van der Waals surface area contributed by atoms with Gasteiger partial charge in [0, 0.05) is 24.9 Å². The lowest BCUT2D eigenvalue weighted by Gasteiger charge is -2.12. The monoisotopic (exact) mass is 238 g/mol. The van der Waals surface area contributed by atoms with E-state index in [0.29, 0.717) is 12.5 Å². The third kappa shape index (κ3) is 5.49. The van der Waals surface area contributed by atoms with Crippen LogP contribution in [0.4, 0.5) is 0 Å². The molecule has 1 aromatic heterocycles. The second-order valence-corrected chi connectivity index (χ2v) is 4.48. The summed E-state index contributed by atoms with van der Waals surface area (Å²) in [6.07, 6.45) is 4.84. The normalized spacial score (nSPS) is 12.7. The van der Waals surface area contributed by atoms with E-state index in [9.17, 15) is 4.79 Å². The molecular formula is C12H22N4O. The van der Waals surface area contributed by atoms with E-state index in [-0.39, 0.29) is 11.9 Å². The molecule has 0 aliphatic carbocycles. The summed E-state index contributed by atoms with van der Waals surface area (Å²) in [6.45, 7) is 6.99. The van der Waals surface area contributed by atoms with Crippen molar-refractivity contribution in [1.29, 1.82) is 0 Å². The number of hydrogen-bond donors (Lipinski definition) is 3. The van der Waals surface area contributed by atoms with Crippen molar-refractivity contribution in [1.82, 2.24) is 20.6 Å². The zero-order valence-corrected chi connectivity index (χ0v) is 10.8. The number of nitrogens with zero attached hydrogens (tertiary/aromatic N) is 1. The van der Waals surface area contributed by atoms with E-state index in [0.717, 1.165) is 18.8 Å². The SMILES string of the molecule is CC(C)NCCCC(=O)NC(C)c1ncc[nH]1. The van der Waals surface area contributed by atoms with Crippen LogP contribution in [0.3, 0.4) is 0 Å². The second kappa shape index (κ2) is 7.06. The van der Waals surface area contributed by atoms with E-state index < -0.39 is 0 Å². The minimum atomic E-state index is -0.0597. The summed E-state index contributed by atoms with van der Waals surface area (Å²) in [5.41, 5.74) is 0. The number of H-pyrrole nitrogens is 1. The minimum Gasteiger partial charge on any atom is -0.347 e. The molecular weight excluding hydrogens is 216 g/mol. The van der Waals surface area contributed by atoms with Crippen molar-refractivity contribution in [3.63, 3.8) is 0 Å². The zero-order chi connectivity index (χ0) is 12.7. The molecule has 1 atom stereocenters. The third-order valence-corrected chi connectivity index (χ3v) is 2.44. The van der Waals surface area contributed by atoms with Gasteiger partial charge in [-0.05, 0) is 19.9 Å². The van der Waals surface area contributed by atoms with Crippen molar-refractivity contribution in [2.75, 3.05) is 6.54 Å². The fourth-order valence-electron chi connectivity index (χ4n) is 1.54. The summed E-state index contributed by atoms with van der Waals surface area (Å²) in [5.74, 6) is 0.859. The van der Waals surface area contributed by atoms with Gasteiger partial charge in [0.15, 0.2) is 0 Å². The van der Waals surface area contributed by atoms with Gasteiger partial charge in [-0.1, -0.05) is 13.8 Å². The number of carbonyl (C=O) groups is 1. The van der Waals surface area contributed by atoms with Gasteiger partial charge in [-0.15, -0.1) is 0 Å². The van der Waals surface area contributed by atoms with E-state index >= 15 is 0 Å². The molecule has 5 heteroatoms. The summed E-state index contributed by atoms with van der Waals surface area (Å²) in [4.78, 5) is 18.7. The molecule has 1 amide bonds. The van der Waals surface area contributed by atoms with Crippen LogP contribution in [-0.4, -0.2) is 28.5 Å². The van der Waals surface area contributed by atoms with Crippen molar-refractivity contribution in [2.24, 2.45) is 0 Å². The highest BCUT2D eigenvalue weighted by molar-refractivity contribution is 5.76. The number of nitrogens with one attached hydrogen (secondary N) is 3. The fourth-order valence-corrected chi connectivity index (χ4v) is 1.54. The summed E-state index contributed by atoms with van der Waals surface area (Å²) < 4.78 is 0. The minimum absolute atomic E-state index is 0.0597. The molecule has 5 nitrogen and oxygen atoms in total. The molecule has 0 radical (unpaired) electrons. The summed E-state index contributed by atoms with van der Waals surface area (Å²) in [7, 11) is 0. The Morgan fingerprint density at radius 2 is 2.24 bits per heavy atom. The molecule has 0 aromatic carbocycles. The van der Waals surface area contributed by atoms with Crippen molar-refractivity contribution in [2.45, 2.75) is 45.7 Å². The van der Waals surface area contributed by atoms with E-state index in [4.69, 9.17) is 0 Å². The van der Waals surface area contributed by atoms with Gasteiger partial charge in [0.1, 0.15) is 5.82 Å². The Bertz CT molecular complexity index is 321. The zero-order valence-electron chi connectivity index (χ0n) is 10.8. The number of aromatic nitrogens is 2. The van der Waals surface area contributed by atoms with E-state index in [1.165, 1.54) is 0 Å². The van der Waals surface area contributed by atoms with Gasteiger partial charge in [0.05, 0.1) is 6.04 Å². The van der Waals surface area contributed by atoms with E-state index in [2.05, 4.69) is 34.4 Å². The smallest absolute Gasteiger partial charge is 0.220 e. The number of hydrogen-bond acceptors (Lipinski definition) is 3. The van der Waals surface area contributed by atoms with Gasteiger partial charge in [-0.2, -0.15) is 0 Å². The van der Waals surface area contributed by atoms with E-state index in [1.807, 2.05) is 6.92 Å². The van der Waals surface area contributed by atoms with Gasteiger partial charge < -0.3 is 15.6 Å². The van der Waals surface area contributed by atoms with Crippen molar-refractivity contribution in [3.8, 4) is 0 Å². The predicted molar refractivity (Wildman–Crippen MR) is 67.5 cm³/mol. The lowest BCUT2D eigenvalue weighted by Crippen LogP contribution is -2.29. The lowest BCUT2D eigenvalue weighted by molar-refractivity contribution is -0.121. The Hall–Kier alpha value is -1.36. The molecule has 96 valence electrons. The topological polar surface area (TPSA) is 69.8 Å². The van der Waals surface area contributed by atoms with Crippen molar-refractivity contribution >= 4 is 5.91 Å². The first-order valence-electron chi connectivity index (χ1n) is 6.11. The Balaban J connectivity index is 2.17. The molecule has 0 aliphatic heterocycles. The lowest BCUT2D eigenvalue weighted by atomic mass is 10.2. The molecule has 3 N–H and O–H groups in total. The van der Waals surface area contributed by atoms with Crippen LogP contribution in [0.2, 0.25) is 0 Å². The van der Waals surface area contributed by atoms with Gasteiger partial charge in [-0.25, -0.2) is 4.98 Å². The Morgan fingerprint density at radius 1 is 1.47 bits per heavy atom. The van der Waals surface area contributed by atoms with Crippen LogP contribution in [0.15, 0.2) is 12.4 Å². The highest BCUT2D eigenvalue weighted by atomic mass is 16.1. The maximum atomic E-state index is 11.6. The maximum absolute atomic E-state index is 11.6. The average molecular weight is 238 g/mol. The standard InChI is InChI=1S/C12H22N4O/c1-9(2)13-6-4-5-11(17)16-10(3)12-14-7-8-15-12/h7-10,13H,4-6H2,1-3H3,(H,14,15)(H,16,17). The van der Waals surface area contributed by atoms with Crippen LogP contribution >= 0.6 is 0 Å². The van der Waals surface area contributed by atoms with Crippen molar-refractivity contribution < 1.29 is 4.79 Å². The van der Waals surface area contributed by atoms with Crippen LogP contribution in [0.1, 0.15) is 45.5 Å². The van der Waals surface area contributed by atoms with Crippen molar-refractivity contribution in [3.05, 3.63) is 18.2 Å². The summed E-state index contributed by atoms with van der Waals surface area (Å²) in [5, 5.41) is 6.19. The number of imidazole rings is 1. The molecule has 0 spiro atoms. The van der Waals surface area contributed by atoms with Crippen LogP contribution in [-0.2, 0) is 4.79 Å². The number of aromatic amines is 1. The molecule has 0 saturated heterocycles. The highest BCUT2D eigenvalue weighted by Gasteiger charge is 2.10. The molecule has 1 unspecified atom stereocenters. The number of carbonyl (C=O) groups excluding carboxylic acids is 1. The largest absolute Gasteiger partial charge is 0.347 e. The predicted octanol–water partition coefficient (Wildman–Crippen LogP) is 1.37. The summed E-state index contributed by atoms with van der Waals surface area (Å²) in [6, 6.07) is 0.413. The molecule has 0 bridgehead atoms. The molecule has 0 aliphatic rings. The molecule has 17 heavy (non-hydrogen) atoms.